The first-order valence-corrected chi connectivity index (χ1v) is 18.2. The fourth-order valence-corrected chi connectivity index (χ4v) is 5.28. The number of carbonyl (C=O) groups excluding carboxylic acids is 2. The van der Waals surface area contributed by atoms with E-state index in [4.69, 9.17) is 11.2 Å². The SMILES string of the molecule is C#CCCNC.C=C(C)/C(=C(/C)N=CC)C(NC)c1cccc(-c2ccc(C)c(C)c2)c1.C=C(C=O)CN1CCCC(C)C1.CC.CC.NC=O. The summed E-state index contributed by atoms with van der Waals surface area (Å²) in [5.74, 6) is 3.28. The highest BCUT2D eigenvalue weighted by Gasteiger charge is 2.19. The van der Waals surface area contributed by atoms with Crippen LogP contribution < -0.4 is 16.4 Å². The summed E-state index contributed by atoms with van der Waals surface area (Å²) in [5, 5.41) is 6.37. The number of primary amides is 1. The second-order valence-electron chi connectivity index (χ2n) is 11.8. The lowest BCUT2D eigenvalue weighted by atomic mass is 9.90. The molecule has 7 heteroatoms. The Bertz CT molecular complexity index is 1370. The van der Waals surface area contributed by atoms with Crippen molar-refractivity contribution < 1.29 is 9.59 Å². The average Bonchev–Trinajstić information content (AvgIpc) is 3.13. The first kappa shape index (κ1) is 51.3. The number of carbonyl (C=O) groups is 2. The predicted molar refractivity (Wildman–Crippen MR) is 225 cm³/mol. The highest BCUT2D eigenvalue weighted by molar-refractivity contribution is 5.72. The van der Waals surface area contributed by atoms with E-state index < -0.39 is 0 Å². The molecule has 0 spiro atoms. The van der Waals surface area contributed by atoms with E-state index in [1.165, 1.54) is 40.7 Å². The molecule has 2 atom stereocenters. The van der Waals surface area contributed by atoms with Crippen LogP contribution in [-0.2, 0) is 9.59 Å². The van der Waals surface area contributed by atoms with E-state index in [-0.39, 0.29) is 12.5 Å². The van der Waals surface area contributed by atoms with Crippen molar-refractivity contribution in [2.24, 2.45) is 16.6 Å². The van der Waals surface area contributed by atoms with Crippen LogP contribution in [0.4, 0.5) is 0 Å². The maximum atomic E-state index is 10.3. The maximum absolute atomic E-state index is 10.3. The van der Waals surface area contributed by atoms with E-state index in [9.17, 15) is 4.79 Å². The molecule has 1 heterocycles. The number of likely N-dealkylation sites (N-methyl/N-ethyl adjacent to an activating group) is 1. The number of allylic oxidation sites excluding steroid dienone is 1. The van der Waals surface area contributed by atoms with Gasteiger partial charge in [0.2, 0.25) is 6.41 Å². The Hall–Kier alpha value is -4.09. The Kier molecular flexibility index (Phi) is 33.3. The van der Waals surface area contributed by atoms with Crippen LogP contribution in [0.15, 0.2) is 83.0 Å². The molecule has 51 heavy (non-hydrogen) atoms. The number of nitrogens with one attached hydrogen (secondary N) is 2. The van der Waals surface area contributed by atoms with Gasteiger partial charge in [0, 0.05) is 38.0 Å². The number of hydrogen-bond acceptors (Lipinski definition) is 6. The number of aryl methyl sites for hydroxylation is 2. The van der Waals surface area contributed by atoms with E-state index in [0.717, 1.165) is 61.6 Å². The Morgan fingerprint density at radius 1 is 1.06 bits per heavy atom. The van der Waals surface area contributed by atoms with Gasteiger partial charge >= 0.3 is 0 Å². The van der Waals surface area contributed by atoms with E-state index in [2.05, 4.69) is 109 Å². The topological polar surface area (TPSA) is 99.8 Å². The van der Waals surface area contributed by atoms with E-state index in [0.29, 0.717) is 5.57 Å². The zero-order valence-electron chi connectivity index (χ0n) is 34.2. The van der Waals surface area contributed by atoms with Crippen molar-refractivity contribution in [1.82, 2.24) is 15.5 Å². The molecule has 0 saturated carbocycles. The summed E-state index contributed by atoms with van der Waals surface area (Å²) >= 11 is 0. The van der Waals surface area contributed by atoms with Crippen molar-refractivity contribution in [3.63, 3.8) is 0 Å². The lowest BCUT2D eigenvalue weighted by Gasteiger charge is -2.30. The molecule has 0 radical (unpaired) electrons. The monoisotopic (exact) mass is 702 g/mol. The summed E-state index contributed by atoms with van der Waals surface area (Å²) in [5.41, 5.74) is 14.4. The molecule has 1 fully saturated rings. The number of hydrogen-bond donors (Lipinski definition) is 3. The lowest BCUT2D eigenvalue weighted by Crippen LogP contribution is -2.35. The molecule has 0 aliphatic carbocycles. The van der Waals surface area contributed by atoms with Gasteiger partial charge in [0.05, 0.1) is 6.04 Å². The van der Waals surface area contributed by atoms with E-state index >= 15 is 0 Å². The quantitative estimate of drug-likeness (QED) is 0.0542. The van der Waals surface area contributed by atoms with Gasteiger partial charge in [0.1, 0.15) is 6.29 Å². The van der Waals surface area contributed by atoms with Crippen molar-refractivity contribution in [2.45, 2.75) is 94.5 Å². The van der Waals surface area contributed by atoms with Crippen molar-refractivity contribution in [3.05, 3.63) is 94.7 Å². The van der Waals surface area contributed by atoms with Gasteiger partial charge in [-0.3, -0.25) is 19.5 Å². The average molecular weight is 702 g/mol. The fraction of sp³-hybridized carbons (Fsp3) is 0.477. The predicted octanol–water partition coefficient (Wildman–Crippen LogP) is 9.03. The lowest BCUT2D eigenvalue weighted by molar-refractivity contribution is -0.107. The molecule has 4 N–H and O–H groups in total. The zero-order chi connectivity index (χ0) is 39.8. The Morgan fingerprint density at radius 3 is 2.12 bits per heavy atom. The first-order chi connectivity index (χ1) is 24.4. The summed E-state index contributed by atoms with van der Waals surface area (Å²) < 4.78 is 0. The molecule has 7 nitrogen and oxygen atoms in total. The van der Waals surface area contributed by atoms with E-state index in [1.807, 2.05) is 68.8 Å². The van der Waals surface area contributed by atoms with Gasteiger partial charge in [-0.25, -0.2) is 0 Å². The van der Waals surface area contributed by atoms with Crippen LogP contribution in [0.3, 0.4) is 0 Å². The standard InChI is InChI=1S/C24H30N2.C10H17NO.C5H9N.2C2H6.CH3NO/c1-8-26-19(6)23(16(2)3)24(25-7)22-11-9-10-20(15-22)21-13-12-17(4)18(5)14-21;1-9-4-3-5-11(6-9)7-10(2)8-12;1-3-4-5-6-2;2*1-2;2-1-3/h8-15,24-25H,2H2,1,3-7H3;8-9H,2-7H2,1H3;1,6H,4-5H2,2H3;2*1-2H3;1H,(H2,2,3)/b23-19+,26-8?;;;;;. The molecule has 2 unspecified atom stereocenters. The number of terminal acetylenes is 1. The van der Waals surface area contributed by atoms with Crippen LogP contribution in [-0.4, -0.2) is 64.1 Å². The normalized spacial score (nSPS) is 14.2. The first-order valence-electron chi connectivity index (χ1n) is 18.2. The number of likely N-dealkylation sites (tertiary alicyclic amines) is 1. The number of benzene rings is 2. The van der Waals surface area contributed by atoms with Gasteiger partial charge in [0.15, 0.2) is 0 Å². The fourth-order valence-electron chi connectivity index (χ4n) is 5.28. The Labute approximate surface area is 313 Å². The van der Waals surface area contributed by atoms with Crippen LogP contribution in [0.2, 0.25) is 0 Å². The van der Waals surface area contributed by atoms with Crippen LogP contribution >= 0.6 is 0 Å². The molecule has 2 aromatic rings. The Morgan fingerprint density at radius 2 is 1.67 bits per heavy atom. The molecule has 2 aromatic carbocycles. The van der Waals surface area contributed by atoms with Gasteiger partial charge in [-0.2, -0.15) is 0 Å². The van der Waals surface area contributed by atoms with Crippen molar-refractivity contribution in [1.29, 1.82) is 0 Å². The number of piperidine rings is 1. The summed E-state index contributed by atoms with van der Waals surface area (Å²) in [7, 11) is 3.87. The van der Waals surface area contributed by atoms with Gasteiger partial charge in [-0.1, -0.05) is 89.7 Å². The van der Waals surface area contributed by atoms with Gasteiger partial charge in [-0.05, 0) is 119 Å². The van der Waals surface area contributed by atoms with Crippen molar-refractivity contribution in [2.75, 3.05) is 40.3 Å². The molecule has 1 saturated heterocycles. The zero-order valence-corrected chi connectivity index (χ0v) is 34.2. The number of amides is 1. The molecule has 1 aliphatic rings. The molecule has 3 rings (SSSR count). The molecule has 1 aliphatic heterocycles. The van der Waals surface area contributed by atoms with Crippen LogP contribution in [0.25, 0.3) is 11.1 Å². The summed E-state index contributed by atoms with van der Waals surface area (Å²) in [6.07, 6.45) is 11.3. The number of rotatable bonds is 11. The van der Waals surface area contributed by atoms with Crippen LogP contribution in [0.5, 0.6) is 0 Å². The number of nitrogens with zero attached hydrogens (tertiary/aromatic N) is 2. The molecule has 0 aromatic heterocycles. The van der Waals surface area contributed by atoms with Crippen LogP contribution in [0.1, 0.15) is 97.4 Å². The second-order valence-corrected chi connectivity index (χ2v) is 11.8. The second kappa shape index (κ2) is 33.1. The summed E-state index contributed by atoms with van der Waals surface area (Å²) in [6, 6.07) is 15.4. The van der Waals surface area contributed by atoms with Crippen molar-refractivity contribution in [3.8, 4) is 23.5 Å². The van der Waals surface area contributed by atoms with Gasteiger partial charge < -0.3 is 16.4 Å². The number of aldehydes is 1. The van der Waals surface area contributed by atoms with Crippen LogP contribution in [0, 0.1) is 32.1 Å². The highest BCUT2D eigenvalue weighted by Crippen LogP contribution is 2.32. The number of nitrogens with two attached hydrogens (primary N) is 1. The minimum Gasteiger partial charge on any atom is -0.372 e. The third-order valence-corrected chi connectivity index (χ3v) is 7.66. The Balaban J connectivity index is -0.000000759. The number of aliphatic imine (C=N–C) groups is 1. The minimum absolute atomic E-state index is 0.0581. The third-order valence-electron chi connectivity index (χ3n) is 7.66. The third kappa shape index (κ3) is 22.4. The smallest absolute Gasteiger partial charge is 0.204 e. The maximum Gasteiger partial charge on any atom is 0.204 e. The molecular formula is C44H71N5O2. The molecule has 1 amide bonds. The van der Waals surface area contributed by atoms with Crippen molar-refractivity contribution >= 4 is 18.9 Å². The molecular weight excluding hydrogens is 631 g/mol. The molecule has 0 bridgehead atoms. The van der Waals surface area contributed by atoms with Gasteiger partial charge in [-0.15, -0.1) is 12.3 Å². The highest BCUT2D eigenvalue weighted by atomic mass is 16.1. The van der Waals surface area contributed by atoms with E-state index in [1.54, 1.807) is 0 Å². The summed E-state index contributed by atoms with van der Waals surface area (Å²) in [6.45, 7) is 32.4. The minimum atomic E-state index is 0.0581. The summed E-state index contributed by atoms with van der Waals surface area (Å²) in [4.78, 5) is 25.7. The molecule has 284 valence electrons. The largest absolute Gasteiger partial charge is 0.372 e. The van der Waals surface area contributed by atoms with Gasteiger partial charge in [0.25, 0.3) is 0 Å².